The summed E-state index contributed by atoms with van der Waals surface area (Å²) in [6.45, 7) is 2.63. The molecule has 1 aliphatic heterocycles. The Bertz CT molecular complexity index is 606. The maximum Gasteiger partial charge on any atom is 0.260 e. The fraction of sp³-hybridized carbons (Fsp3) is 0.385. The first kappa shape index (κ1) is 12.1. The lowest BCUT2D eigenvalue weighted by molar-refractivity contribution is 0.00768. The van der Waals surface area contributed by atoms with E-state index in [-0.39, 0.29) is 11.6 Å². The molecule has 1 aromatic heterocycles. The second-order valence-corrected chi connectivity index (χ2v) is 4.84. The molecule has 6 heteroatoms. The third kappa shape index (κ3) is 2.08. The molecule has 0 amide bonds. The fourth-order valence-corrected chi connectivity index (χ4v) is 2.23. The van der Waals surface area contributed by atoms with Gasteiger partial charge in [0.15, 0.2) is 0 Å². The van der Waals surface area contributed by atoms with Crippen molar-refractivity contribution in [3.8, 4) is 11.5 Å². The Balaban J connectivity index is 1.97. The highest BCUT2D eigenvalue weighted by Crippen LogP contribution is 2.35. The second-order valence-electron chi connectivity index (χ2n) is 4.84. The van der Waals surface area contributed by atoms with Crippen molar-refractivity contribution in [1.29, 1.82) is 0 Å². The van der Waals surface area contributed by atoms with Crippen LogP contribution in [0.2, 0.25) is 0 Å². The number of halogens is 1. The largest absolute Gasteiger partial charge is 0.398 e. The molecule has 2 aromatic rings. The minimum absolute atomic E-state index is 0.271. The van der Waals surface area contributed by atoms with Crippen LogP contribution in [0.3, 0.4) is 0 Å². The molecule has 2 N–H and O–H groups in total. The first-order chi connectivity index (χ1) is 9.08. The Labute approximate surface area is 109 Å². The zero-order chi connectivity index (χ0) is 13.5. The summed E-state index contributed by atoms with van der Waals surface area (Å²) in [5.74, 6) is 0.389. The molecule has 1 fully saturated rings. The third-order valence-corrected chi connectivity index (χ3v) is 3.36. The molecular formula is C13H14FN3O2. The Hall–Kier alpha value is -1.95. The normalized spacial score (nSPS) is 22.8. The zero-order valence-corrected chi connectivity index (χ0v) is 10.5. The van der Waals surface area contributed by atoms with Crippen LogP contribution in [0.15, 0.2) is 22.7 Å². The predicted molar refractivity (Wildman–Crippen MR) is 66.6 cm³/mol. The predicted octanol–water partition coefficient (Wildman–Crippen LogP) is 2.48. The van der Waals surface area contributed by atoms with Crippen LogP contribution in [0, 0.1) is 5.82 Å². The van der Waals surface area contributed by atoms with Gasteiger partial charge < -0.3 is 15.0 Å². The van der Waals surface area contributed by atoms with Crippen molar-refractivity contribution in [3.63, 3.8) is 0 Å². The maximum absolute atomic E-state index is 13.0. The van der Waals surface area contributed by atoms with Crippen LogP contribution in [0.4, 0.5) is 10.1 Å². The smallest absolute Gasteiger partial charge is 0.260 e. The fourth-order valence-electron chi connectivity index (χ4n) is 2.23. The summed E-state index contributed by atoms with van der Waals surface area (Å²) in [4.78, 5) is 4.32. The number of nitrogen functional groups attached to an aromatic ring is 1. The van der Waals surface area contributed by atoms with Crippen molar-refractivity contribution < 1.29 is 13.7 Å². The molecule has 2 heterocycles. The van der Waals surface area contributed by atoms with Crippen molar-refractivity contribution >= 4 is 5.69 Å². The number of ether oxygens (including phenoxy) is 1. The van der Waals surface area contributed by atoms with Gasteiger partial charge in [0, 0.05) is 12.3 Å². The highest BCUT2D eigenvalue weighted by atomic mass is 19.1. The van der Waals surface area contributed by atoms with E-state index < -0.39 is 11.4 Å². The second kappa shape index (κ2) is 4.31. The third-order valence-electron chi connectivity index (χ3n) is 3.36. The molecule has 3 rings (SSSR count). The number of benzene rings is 1. The molecule has 19 heavy (non-hydrogen) atoms. The maximum atomic E-state index is 13.0. The highest BCUT2D eigenvalue weighted by Gasteiger charge is 2.36. The molecule has 0 aliphatic carbocycles. The van der Waals surface area contributed by atoms with Crippen LogP contribution in [0.5, 0.6) is 0 Å². The van der Waals surface area contributed by atoms with Gasteiger partial charge in [0.25, 0.3) is 5.89 Å². The van der Waals surface area contributed by atoms with Crippen molar-refractivity contribution in [1.82, 2.24) is 10.1 Å². The Morgan fingerprint density at radius 2 is 2.26 bits per heavy atom. The summed E-state index contributed by atoms with van der Waals surface area (Å²) in [6.07, 6.45) is 1.82. The summed E-state index contributed by atoms with van der Waals surface area (Å²) < 4.78 is 23.9. The summed E-state index contributed by atoms with van der Waals surface area (Å²) >= 11 is 0. The number of nitrogens with two attached hydrogens (primary N) is 1. The van der Waals surface area contributed by atoms with E-state index in [1.807, 2.05) is 6.92 Å². The Morgan fingerprint density at radius 1 is 1.42 bits per heavy atom. The van der Waals surface area contributed by atoms with Crippen LogP contribution in [0.1, 0.15) is 25.6 Å². The van der Waals surface area contributed by atoms with E-state index in [0.717, 1.165) is 12.8 Å². The van der Waals surface area contributed by atoms with Gasteiger partial charge in [-0.05, 0) is 38.0 Å². The summed E-state index contributed by atoms with van der Waals surface area (Å²) in [5.41, 5.74) is 6.05. The van der Waals surface area contributed by atoms with E-state index in [4.69, 9.17) is 15.0 Å². The standard InChI is InChI=1S/C13H14FN3O2/c1-13(5-2-6-18-13)12-16-11(19-17-12)9-4-3-8(14)7-10(9)15/h3-4,7H,2,5-6,15H2,1H3. The van der Waals surface area contributed by atoms with Crippen LogP contribution >= 0.6 is 0 Å². The van der Waals surface area contributed by atoms with Gasteiger partial charge in [0.2, 0.25) is 5.82 Å². The Morgan fingerprint density at radius 3 is 2.95 bits per heavy atom. The minimum atomic E-state index is -0.503. The van der Waals surface area contributed by atoms with E-state index in [1.165, 1.54) is 18.2 Å². The summed E-state index contributed by atoms with van der Waals surface area (Å²) in [6, 6.07) is 4.07. The van der Waals surface area contributed by atoms with Crippen molar-refractivity contribution in [2.45, 2.75) is 25.4 Å². The van der Waals surface area contributed by atoms with E-state index in [9.17, 15) is 4.39 Å². The molecular weight excluding hydrogens is 249 g/mol. The Kier molecular flexibility index (Phi) is 2.74. The molecule has 1 unspecified atom stereocenters. The topological polar surface area (TPSA) is 74.2 Å². The summed E-state index contributed by atoms with van der Waals surface area (Å²) in [7, 11) is 0. The average molecular weight is 263 g/mol. The number of hydrogen-bond donors (Lipinski definition) is 1. The molecule has 100 valence electrons. The van der Waals surface area contributed by atoms with Gasteiger partial charge in [-0.25, -0.2) is 4.39 Å². The van der Waals surface area contributed by atoms with Gasteiger partial charge in [-0.3, -0.25) is 0 Å². The van der Waals surface area contributed by atoms with E-state index >= 15 is 0 Å². The molecule has 1 aliphatic rings. The molecule has 1 aromatic carbocycles. The zero-order valence-electron chi connectivity index (χ0n) is 10.5. The number of anilines is 1. The first-order valence-electron chi connectivity index (χ1n) is 6.12. The van der Waals surface area contributed by atoms with Crippen LogP contribution in [-0.4, -0.2) is 16.7 Å². The monoisotopic (exact) mass is 263 g/mol. The molecule has 1 atom stereocenters. The van der Waals surface area contributed by atoms with Crippen molar-refractivity contribution in [3.05, 3.63) is 29.8 Å². The number of nitrogens with zero attached hydrogens (tertiary/aromatic N) is 2. The number of hydrogen-bond acceptors (Lipinski definition) is 5. The van der Waals surface area contributed by atoms with Crippen molar-refractivity contribution in [2.75, 3.05) is 12.3 Å². The molecule has 0 radical (unpaired) electrons. The van der Waals surface area contributed by atoms with Crippen LogP contribution in [0.25, 0.3) is 11.5 Å². The molecule has 0 saturated carbocycles. The molecule has 1 saturated heterocycles. The summed E-state index contributed by atoms with van der Waals surface area (Å²) in [5, 5.41) is 3.95. The number of rotatable bonds is 2. The van der Waals surface area contributed by atoms with Gasteiger partial charge in [0.05, 0.1) is 5.56 Å². The van der Waals surface area contributed by atoms with Crippen molar-refractivity contribution in [2.24, 2.45) is 0 Å². The van der Waals surface area contributed by atoms with E-state index in [1.54, 1.807) is 0 Å². The van der Waals surface area contributed by atoms with Crippen LogP contribution < -0.4 is 5.73 Å². The average Bonchev–Trinajstić information content (AvgIpc) is 2.99. The number of aromatic nitrogens is 2. The quantitative estimate of drug-likeness (QED) is 0.842. The SMILES string of the molecule is CC1(c2noc(-c3ccc(F)cc3N)n2)CCCO1. The van der Waals surface area contributed by atoms with E-state index in [0.29, 0.717) is 18.0 Å². The van der Waals surface area contributed by atoms with Gasteiger partial charge >= 0.3 is 0 Å². The molecule has 0 spiro atoms. The van der Waals surface area contributed by atoms with Gasteiger partial charge in [-0.2, -0.15) is 4.98 Å². The first-order valence-corrected chi connectivity index (χ1v) is 6.12. The van der Waals surface area contributed by atoms with Gasteiger partial charge in [-0.1, -0.05) is 5.16 Å². The van der Waals surface area contributed by atoms with Gasteiger partial charge in [0.1, 0.15) is 11.4 Å². The van der Waals surface area contributed by atoms with Gasteiger partial charge in [-0.15, -0.1) is 0 Å². The molecule has 0 bridgehead atoms. The van der Waals surface area contributed by atoms with E-state index in [2.05, 4.69) is 10.1 Å². The highest BCUT2D eigenvalue weighted by molar-refractivity contribution is 5.70. The lowest BCUT2D eigenvalue weighted by atomic mass is 10.0. The lowest BCUT2D eigenvalue weighted by Gasteiger charge is -2.17. The van der Waals surface area contributed by atoms with Crippen LogP contribution in [-0.2, 0) is 10.3 Å². The minimum Gasteiger partial charge on any atom is -0.398 e. The lowest BCUT2D eigenvalue weighted by Crippen LogP contribution is -2.21. The molecule has 5 nitrogen and oxygen atoms in total.